The van der Waals surface area contributed by atoms with Crippen molar-refractivity contribution in [2.24, 2.45) is 0 Å². The second kappa shape index (κ2) is 16.2. The molecule has 8 heteroatoms. The van der Waals surface area contributed by atoms with Crippen LogP contribution in [0.25, 0.3) is 70.4 Å². The van der Waals surface area contributed by atoms with E-state index in [9.17, 15) is 5.26 Å². The van der Waals surface area contributed by atoms with Gasteiger partial charge in [0.15, 0.2) is 0 Å². The van der Waals surface area contributed by atoms with Crippen LogP contribution in [0.5, 0.6) is 0 Å². The van der Waals surface area contributed by atoms with Gasteiger partial charge < -0.3 is 9.55 Å². The van der Waals surface area contributed by atoms with Crippen LogP contribution in [0.2, 0.25) is 19.6 Å². The van der Waals surface area contributed by atoms with Gasteiger partial charge in [0.2, 0.25) is 0 Å². The third-order valence-electron chi connectivity index (χ3n) is 10.4. The van der Waals surface area contributed by atoms with Crippen molar-refractivity contribution in [2.45, 2.75) is 65.6 Å². The molecule has 0 atom stereocenters. The Labute approximate surface area is 361 Å². The van der Waals surface area contributed by atoms with Crippen LogP contribution in [0, 0.1) is 23.5 Å². The standard InChI is InChI=1S/C33H23N4S.C17H22NSi.Ir/c1-33(2,3)22-12-14-23(15-13-22)37-27-17-11-20-7-4-5-8-24(20)29(27)36-31(37)26-16-10-21(19-34)28-25-9-6-18-35-32(25)38-30(26)28;1-13(2)15-11-16(14-9-7-6-8-10-14)18-12-17(15)19(3,4)5;/h4-15,17-18H,1-3H3;6-9,11-13H,1-5H3;/q2*-1;/i;13D;. The van der Waals surface area contributed by atoms with Crippen LogP contribution in [0.4, 0.5) is 0 Å². The van der Waals surface area contributed by atoms with Crippen molar-refractivity contribution in [3.8, 4) is 34.4 Å². The molecule has 0 unspecified atom stereocenters. The van der Waals surface area contributed by atoms with E-state index in [-0.39, 0.29) is 25.5 Å². The van der Waals surface area contributed by atoms with Gasteiger partial charge in [-0.1, -0.05) is 125 Å². The summed E-state index contributed by atoms with van der Waals surface area (Å²) in [5, 5.41) is 15.4. The molecule has 4 aromatic heterocycles. The first-order valence-electron chi connectivity index (χ1n) is 19.7. The number of rotatable bonds is 5. The van der Waals surface area contributed by atoms with E-state index in [1.54, 1.807) is 23.6 Å². The number of benzene rings is 5. The van der Waals surface area contributed by atoms with Gasteiger partial charge in [0, 0.05) is 56.4 Å². The fourth-order valence-corrected chi connectivity index (χ4v) is 10.2. The predicted octanol–water partition coefficient (Wildman–Crippen LogP) is 12.8. The Morgan fingerprint density at radius 3 is 2.31 bits per heavy atom. The first kappa shape index (κ1) is 39.5. The summed E-state index contributed by atoms with van der Waals surface area (Å²) in [5.41, 5.74) is 8.83. The van der Waals surface area contributed by atoms with Crippen LogP contribution in [-0.4, -0.2) is 27.6 Å². The maximum absolute atomic E-state index is 9.93. The average molecular weight is 969 g/mol. The summed E-state index contributed by atoms with van der Waals surface area (Å²) < 4.78 is 11.6. The minimum atomic E-state index is -1.50. The van der Waals surface area contributed by atoms with E-state index in [1.807, 2.05) is 56.4 Å². The van der Waals surface area contributed by atoms with Crippen LogP contribution >= 0.6 is 11.3 Å². The van der Waals surface area contributed by atoms with Gasteiger partial charge in [-0.15, -0.1) is 48.0 Å². The molecule has 0 saturated carbocycles. The summed E-state index contributed by atoms with van der Waals surface area (Å²) in [6, 6.07) is 46.1. The van der Waals surface area contributed by atoms with E-state index in [1.165, 1.54) is 10.8 Å². The molecule has 0 bridgehead atoms. The van der Waals surface area contributed by atoms with Crippen molar-refractivity contribution in [1.29, 1.82) is 5.26 Å². The molecular formula is C50H45IrN5SSi-2. The number of hydrogen-bond acceptors (Lipinski definition) is 5. The van der Waals surface area contributed by atoms with Crippen LogP contribution in [0.1, 0.15) is 58.6 Å². The first-order chi connectivity index (χ1) is 27.6. The summed E-state index contributed by atoms with van der Waals surface area (Å²) in [4.78, 5) is 15.4. The van der Waals surface area contributed by atoms with Crippen molar-refractivity contribution in [2.75, 3.05) is 0 Å². The predicted molar refractivity (Wildman–Crippen MR) is 243 cm³/mol. The monoisotopic (exact) mass is 969 g/mol. The van der Waals surface area contributed by atoms with Gasteiger partial charge in [0.1, 0.15) is 4.83 Å². The minimum Gasteiger partial charge on any atom is -0.333 e. The Morgan fingerprint density at radius 1 is 0.879 bits per heavy atom. The molecule has 0 saturated heterocycles. The second-order valence-electron chi connectivity index (χ2n) is 16.7. The van der Waals surface area contributed by atoms with Gasteiger partial charge in [0.05, 0.1) is 24.9 Å². The van der Waals surface area contributed by atoms with Crippen molar-refractivity contribution in [1.82, 2.24) is 19.5 Å². The quantitative estimate of drug-likeness (QED) is 0.127. The Hall–Kier alpha value is -5.29. The fraction of sp³-hybridized carbons (Fsp3) is 0.200. The number of nitriles is 1. The number of thiophene rings is 1. The normalized spacial score (nSPS) is 12.2. The number of fused-ring (bicyclic) bond motifs is 6. The summed E-state index contributed by atoms with van der Waals surface area (Å²) in [7, 11) is -1.50. The first-order valence-corrected chi connectivity index (χ1v) is 23.6. The summed E-state index contributed by atoms with van der Waals surface area (Å²) >= 11 is 1.59. The molecule has 58 heavy (non-hydrogen) atoms. The molecule has 291 valence electrons. The van der Waals surface area contributed by atoms with Crippen LogP contribution in [-0.2, 0) is 25.5 Å². The van der Waals surface area contributed by atoms with Gasteiger partial charge in [-0.05, 0) is 67.7 Å². The van der Waals surface area contributed by atoms with Crippen molar-refractivity contribution < 1.29 is 21.5 Å². The van der Waals surface area contributed by atoms with E-state index in [0.29, 0.717) is 5.56 Å². The molecule has 1 radical (unpaired) electrons. The average Bonchev–Trinajstić information content (AvgIpc) is 3.80. The molecule has 9 rings (SSSR count). The van der Waals surface area contributed by atoms with Crippen molar-refractivity contribution in [3.05, 3.63) is 150 Å². The molecule has 0 N–H and O–H groups in total. The smallest absolute Gasteiger partial charge is 0.113 e. The minimum absolute atomic E-state index is 0. The Bertz CT molecular complexity index is 3020. The number of pyridine rings is 2. The van der Waals surface area contributed by atoms with Gasteiger partial charge in [-0.2, -0.15) is 11.3 Å². The van der Waals surface area contributed by atoms with Crippen LogP contribution in [0.3, 0.4) is 0 Å². The Kier molecular flexibility index (Phi) is 11.0. The summed E-state index contributed by atoms with van der Waals surface area (Å²) in [5.74, 6) is 0.197. The topological polar surface area (TPSA) is 67.4 Å². The summed E-state index contributed by atoms with van der Waals surface area (Å²) in [6.07, 6.45) is 3.78. The van der Waals surface area contributed by atoms with E-state index in [0.717, 1.165) is 76.0 Å². The molecule has 5 aromatic carbocycles. The maximum atomic E-state index is 9.93. The number of hydrogen-bond donors (Lipinski definition) is 0. The fourth-order valence-electron chi connectivity index (χ4n) is 7.43. The third-order valence-corrected chi connectivity index (χ3v) is 13.6. The number of aromatic nitrogens is 4. The van der Waals surface area contributed by atoms with Gasteiger partial charge in [0.25, 0.3) is 0 Å². The number of imidazole rings is 1. The van der Waals surface area contributed by atoms with E-state index >= 15 is 0 Å². The zero-order chi connectivity index (χ0) is 41.0. The molecule has 0 aliphatic carbocycles. The zero-order valence-corrected chi connectivity index (χ0v) is 38.2. The van der Waals surface area contributed by atoms with Gasteiger partial charge in [-0.25, -0.2) is 10.2 Å². The van der Waals surface area contributed by atoms with Crippen molar-refractivity contribution in [3.63, 3.8) is 0 Å². The second-order valence-corrected chi connectivity index (χ2v) is 22.8. The van der Waals surface area contributed by atoms with Gasteiger partial charge >= 0.3 is 0 Å². The SMILES string of the molecule is CC(C)(C)c1ccc(-n2c(-c3[c-]cc(C#N)c4c3sc3ncccc34)nc3c4ccccc4ccc32)cc1.[2H]C(C)(C)c1cc(-c2[c-]cccc2)ncc1[Si](C)(C)C.[Ir]. The zero-order valence-electron chi connectivity index (χ0n) is 35.0. The molecule has 4 heterocycles. The van der Waals surface area contributed by atoms with E-state index in [2.05, 4.69) is 140 Å². The van der Waals surface area contributed by atoms with Crippen LogP contribution in [0.15, 0.2) is 122 Å². The molecule has 0 amide bonds. The molecule has 0 fully saturated rings. The van der Waals surface area contributed by atoms with Crippen LogP contribution < -0.4 is 5.19 Å². The molecule has 0 aliphatic heterocycles. The van der Waals surface area contributed by atoms with E-state index in [4.69, 9.17) is 6.35 Å². The third kappa shape index (κ3) is 7.68. The Morgan fingerprint density at radius 2 is 1.62 bits per heavy atom. The molecule has 5 nitrogen and oxygen atoms in total. The Balaban J connectivity index is 0.000000214. The maximum Gasteiger partial charge on any atom is 0.113 e. The summed E-state index contributed by atoms with van der Waals surface area (Å²) in [6.45, 7) is 17.5. The largest absolute Gasteiger partial charge is 0.333 e. The van der Waals surface area contributed by atoms with Gasteiger partial charge in [-0.3, -0.25) is 4.98 Å². The van der Waals surface area contributed by atoms with Crippen molar-refractivity contribution >= 4 is 66.7 Å². The molecule has 0 aliphatic rings. The molecule has 9 aromatic rings. The molecular weight excluding hydrogens is 923 g/mol. The molecule has 0 spiro atoms. The number of nitrogens with zero attached hydrogens (tertiary/aromatic N) is 5. The van der Waals surface area contributed by atoms with E-state index < -0.39 is 14.0 Å².